The Labute approximate surface area is 130 Å². The Balaban J connectivity index is 2.42. The van der Waals surface area contributed by atoms with Crippen LogP contribution in [-0.4, -0.2) is 13.4 Å². The number of nitrogens with zero attached hydrogens (tertiary/aromatic N) is 1. The van der Waals surface area contributed by atoms with Gasteiger partial charge >= 0.3 is 6.18 Å². The monoisotopic (exact) mass is 350 g/mol. The predicted molar refractivity (Wildman–Crippen MR) is 76.2 cm³/mol. The van der Waals surface area contributed by atoms with Crippen LogP contribution in [0.15, 0.2) is 41.4 Å². The van der Waals surface area contributed by atoms with Gasteiger partial charge < -0.3 is 0 Å². The lowest BCUT2D eigenvalue weighted by atomic mass is 10.2. The van der Waals surface area contributed by atoms with E-state index in [4.69, 9.17) is 11.6 Å². The molecule has 0 saturated carbocycles. The molecule has 9 heteroatoms. The first-order valence-corrected chi connectivity index (χ1v) is 7.78. The largest absolute Gasteiger partial charge is 0.417 e. The molecule has 1 N–H and O–H groups in total. The summed E-state index contributed by atoms with van der Waals surface area (Å²) in [6.45, 7) is 1.73. The summed E-state index contributed by atoms with van der Waals surface area (Å²) in [4.78, 5) is 3.25. The first kappa shape index (κ1) is 16.6. The van der Waals surface area contributed by atoms with Crippen molar-refractivity contribution in [2.45, 2.75) is 18.0 Å². The van der Waals surface area contributed by atoms with Crippen molar-refractivity contribution in [3.8, 4) is 0 Å². The molecular formula is C13H10ClF3N2O2S. The Kier molecular flexibility index (Phi) is 4.35. The number of sulfonamides is 1. The van der Waals surface area contributed by atoms with Gasteiger partial charge in [0, 0.05) is 6.20 Å². The summed E-state index contributed by atoms with van der Waals surface area (Å²) in [5, 5.41) is -0.569. The minimum absolute atomic E-state index is 0.0171. The van der Waals surface area contributed by atoms with Crippen LogP contribution in [0, 0.1) is 6.92 Å². The van der Waals surface area contributed by atoms with Crippen molar-refractivity contribution in [1.29, 1.82) is 0 Å². The van der Waals surface area contributed by atoms with Crippen molar-refractivity contribution in [1.82, 2.24) is 4.98 Å². The van der Waals surface area contributed by atoms with Crippen molar-refractivity contribution >= 4 is 27.4 Å². The van der Waals surface area contributed by atoms with Crippen molar-refractivity contribution in [2.75, 3.05) is 4.72 Å². The van der Waals surface area contributed by atoms with Crippen molar-refractivity contribution in [3.63, 3.8) is 0 Å². The van der Waals surface area contributed by atoms with E-state index < -0.39 is 31.7 Å². The number of hydrogen-bond donors (Lipinski definition) is 1. The van der Waals surface area contributed by atoms with E-state index in [1.54, 1.807) is 13.0 Å². The molecular weight excluding hydrogens is 341 g/mol. The summed E-state index contributed by atoms with van der Waals surface area (Å²) < 4.78 is 64.8. The second-order valence-corrected chi connectivity index (χ2v) is 6.55. The lowest BCUT2D eigenvalue weighted by Crippen LogP contribution is -2.15. The molecule has 22 heavy (non-hydrogen) atoms. The van der Waals surface area contributed by atoms with Gasteiger partial charge in [-0.15, -0.1) is 0 Å². The summed E-state index contributed by atoms with van der Waals surface area (Å²) in [7, 11) is -4.20. The van der Waals surface area contributed by atoms with Crippen LogP contribution < -0.4 is 4.72 Å². The fraction of sp³-hybridized carbons (Fsp3) is 0.154. The maximum absolute atomic E-state index is 12.8. The Morgan fingerprint density at radius 3 is 2.45 bits per heavy atom. The van der Waals surface area contributed by atoms with E-state index in [-0.39, 0.29) is 5.82 Å². The zero-order valence-electron chi connectivity index (χ0n) is 11.1. The molecule has 2 rings (SSSR count). The molecule has 1 aromatic carbocycles. The number of benzene rings is 1. The maximum Gasteiger partial charge on any atom is 0.417 e. The molecule has 0 unspecified atom stereocenters. The third-order valence-electron chi connectivity index (χ3n) is 2.71. The molecule has 0 aliphatic carbocycles. The number of aryl methyl sites for hydroxylation is 1. The summed E-state index contributed by atoms with van der Waals surface area (Å²) in [6.07, 6.45) is -3.36. The molecule has 1 heterocycles. The number of rotatable bonds is 3. The van der Waals surface area contributed by atoms with Crippen LogP contribution >= 0.6 is 11.6 Å². The lowest BCUT2D eigenvalue weighted by Gasteiger charge is -2.12. The molecule has 0 spiro atoms. The van der Waals surface area contributed by atoms with E-state index in [1.165, 1.54) is 12.3 Å². The Hall–Kier alpha value is -1.80. The summed E-state index contributed by atoms with van der Waals surface area (Å²) in [5.41, 5.74) is -0.464. The molecule has 4 nitrogen and oxygen atoms in total. The van der Waals surface area contributed by atoms with E-state index in [1.807, 2.05) is 0 Å². The Morgan fingerprint density at radius 2 is 1.86 bits per heavy atom. The highest BCUT2D eigenvalue weighted by molar-refractivity contribution is 7.92. The van der Waals surface area contributed by atoms with E-state index in [0.29, 0.717) is 6.07 Å². The fourth-order valence-corrected chi connectivity index (χ4v) is 2.93. The van der Waals surface area contributed by atoms with Gasteiger partial charge in [0.1, 0.15) is 5.82 Å². The van der Waals surface area contributed by atoms with Crippen LogP contribution in [0.5, 0.6) is 0 Å². The first-order valence-electron chi connectivity index (χ1n) is 5.92. The summed E-state index contributed by atoms with van der Waals surface area (Å²) >= 11 is 5.46. The predicted octanol–water partition coefficient (Wildman–Crippen LogP) is 3.86. The Morgan fingerprint density at radius 1 is 1.18 bits per heavy atom. The molecule has 0 amide bonds. The molecule has 0 fully saturated rings. The molecule has 0 bridgehead atoms. The van der Waals surface area contributed by atoms with Crippen LogP contribution in [0.1, 0.15) is 11.1 Å². The topological polar surface area (TPSA) is 59.1 Å². The maximum atomic E-state index is 12.8. The molecule has 2 aromatic rings. The number of pyridine rings is 1. The van der Waals surface area contributed by atoms with E-state index in [2.05, 4.69) is 9.71 Å². The summed E-state index contributed by atoms with van der Waals surface area (Å²) in [6, 6.07) is 5.48. The average Bonchev–Trinajstić information content (AvgIpc) is 2.36. The van der Waals surface area contributed by atoms with Gasteiger partial charge in [-0.05, 0) is 42.8 Å². The highest BCUT2D eigenvalue weighted by Gasteiger charge is 2.34. The van der Waals surface area contributed by atoms with Gasteiger partial charge in [-0.25, -0.2) is 13.4 Å². The van der Waals surface area contributed by atoms with Gasteiger partial charge in [-0.1, -0.05) is 11.6 Å². The number of anilines is 1. The highest BCUT2D eigenvalue weighted by atomic mass is 35.5. The third-order valence-corrected chi connectivity index (χ3v) is 4.39. The quantitative estimate of drug-likeness (QED) is 0.914. The van der Waals surface area contributed by atoms with Crippen LogP contribution in [0.4, 0.5) is 19.0 Å². The second kappa shape index (κ2) is 5.77. The molecule has 0 aliphatic heterocycles. The number of nitrogens with one attached hydrogen (secondary N) is 1. The normalized spacial score (nSPS) is 12.2. The van der Waals surface area contributed by atoms with E-state index in [0.717, 1.165) is 17.7 Å². The van der Waals surface area contributed by atoms with Gasteiger partial charge in [-0.3, -0.25) is 4.72 Å². The van der Waals surface area contributed by atoms with Gasteiger partial charge in [-0.2, -0.15) is 13.2 Å². The SMILES string of the molecule is Cc1ccnc(NS(=O)(=O)c2ccc(Cl)c(C(F)(F)F)c2)c1. The van der Waals surface area contributed by atoms with Crippen molar-refractivity contribution in [3.05, 3.63) is 52.7 Å². The Bertz CT molecular complexity index is 807. The van der Waals surface area contributed by atoms with Crippen LogP contribution in [0.3, 0.4) is 0 Å². The van der Waals surface area contributed by atoms with Crippen molar-refractivity contribution < 1.29 is 21.6 Å². The standard InChI is InChI=1S/C13H10ClF3N2O2S/c1-8-4-5-18-12(6-8)19-22(20,21)9-2-3-11(14)10(7-9)13(15,16)17/h2-7H,1H3,(H,18,19). The van der Waals surface area contributed by atoms with Gasteiger partial charge in [0.25, 0.3) is 10.0 Å². The number of hydrogen-bond acceptors (Lipinski definition) is 3. The molecule has 0 saturated heterocycles. The van der Waals surface area contributed by atoms with Crippen LogP contribution in [0.2, 0.25) is 5.02 Å². The summed E-state index contributed by atoms with van der Waals surface area (Å²) in [5.74, 6) is 0.0171. The minimum Gasteiger partial charge on any atom is -0.263 e. The zero-order valence-corrected chi connectivity index (χ0v) is 12.7. The van der Waals surface area contributed by atoms with Crippen LogP contribution in [0.25, 0.3) is 0 Å². The molecule has 118 valence electrons. The van der Waals surface area contributed by atoms with Crippen molar-refractivity contribution in [2.24, 2.45) is 0 Å². The van der Waals surface area contributed by atoms with E-state index in [9.17, 15) is 21.6 Å². The molecule has 1 aromatic heterocycles. The van der Waals surface area contributed by atoms with Gasteiger partial charge in [0.15, 0.2) is 0 Å². The molecule has 0 aliphatic rings. The third kappa shape index (κ3) is 3.69. The van der Waals surface area contributed by atoms with Crippen LogP contribution in [-0.2, 0) is 16.2 Å². The second-order valence-electron chi connectivity index (χ2n) is 4.46. The zero-order chi connectivity index (χ0) is 16.5. The average molecular weight is 351 g/mol. The minimum atomic E-state index is -4.75. The van der Waals surface area contributed by atoms with Gasteiger partial charge in [0.05, 0.1) is 15.5 Å². The fourth-order valence-electron chi connectivity index (χ4n) is 1.68. The number of halogens is 4. The highest BCUT2D eigenvalue weighted by Crippen LogP contribution is 2.36. The lowest BCUT2D eigenvalue weighted by molar-refractivity contribution is -0.137. The molecule has 0 radical (unpaired) electrons. The number of alkyl halides is 3. The van der Waals surface area contributed by atoms with Gasteiger partial charge in [0.2, 0.25) is 0 Å². The molecule has 0 atom stereocenters. The first-order chi connectivity index (χ1) is 10.1. The van der Waals surface area contributed by atoms with E-state index >= 15 is 0 Å². The number of aromatic nitrogens is 1. The smallest absolute Gasteiger partial charge is 0.263 e.